The van der Waals surface area contributed by atoms with Crippen molar-refractivity contribution in [3.05, 3.63) is 83.7 Å². The SMILES string of the molecule is CCOc1cc(C=NNC(=O)c2ccncc2)ccc1OCC(=O)Nc1ccc(C)cc1. The molecule has 1 aromatic heterocycles. The Labute approximate surface area is 186 Å². The van der Waals surface area contributed by atoms with E-state index in [1.54, 1.807) is 30.3 Å². The summed E-state index contributed by atoms with van der Waals surface area (Å²) in [4.78, 5) is 28.1. The molecule has 0 bridgehead atoms. The number of hydrogen-bond acceptors (Lipinski definition) is 6. The van der Waals surface area contributed by atoms with Crippen molar-refractivity contribution in [2.24, 2.45) is 5.10 Å². The molecule has 0 spiro atoms. The van der Waals surface area contributed by atoms with Crippen molar-refractivity contribution in [1.82, 2.24) is 10.4 Å². The highest BCUT2D eigenvalue weighted by Crippen LogP contribution is 2.28. The summed E-state index contributed by atoms with van der Waals surface area (Å²) in [7, 11) is 0. The van der Waals surface area contributed by atoms with Gasteiger partial charge in [0.1, 0.15) is 0 Å². The maximum absolute atomic E-state index is 12.2. The minimum atomic E-state index is -0.340. The molecule has 1 heterocycles. The predicted molar refractivity (Wildman–Crippen MR) is 122 cm³/mol. The quantitative estimate of drug-likeness (QED) is 0.398. The molecule has 3 aromatic rings. The molecule has 0 fully saturated rings. The second-order valence-electron chi connectivity index (χ2n) is 6.78. The number of ether oxygens (including phenoxy) is 2. The maximum atomic E-state index is 12.2. The van der Waals surface area contributed by atoms with Gasteiger partial charge in [0.05, 0.1) is 12.8 Å². The summed E-state index contributed by atoms with van der Waals surface area (Å²) in [5, 5.41) is 6.75. The number of rotatable bonds is 9. The first-order valence-corrected chi connectivity index (χ1v) is 10.0. The van der Waals surface area contributed by atoms with Crippen LogP contribution >= 0.6 is 0 Å². The molecular formula is C24H24N4O4. The van der Waals surface area contributed by atoms with E-state index in [0.717, 1.165) is 5.56 Å². The number of anilines is 1. The number of benzene rings is 2. The van der Waals surface area contributed by atoms with Gasteiger partial charge in [0, 0.05) is 23.6 Å². The molecule has 0 saturated heterocycles. The molecule has 0 aliphatic carbocycles. The molecule has 164 valence electrons. The zero-order valence-corrected chi connectivity index (χ0v) is 17.9. The largest absolute Gasteiger partial charge is 0.490 e. The molecule has 2 aromatic carbocycles. The fraction of sp³-hybridized carbons (Fsp3) is 0.167. The van der Waals surface area contributed by atoms with Crippen LogP contribution in [-0.4, -0.2) is 36.2 Å². The van der Waals surface area contributed by atoms with E-state index in [9.17, 15) is 9.59 Å². The fourth-order valence-corrected chi connectivity index (χ4v) is 2.70. The lowest BCUT2D eigenvalue weighted by atomic mass is 10.2. The molecule has 8 heteroatoms. The van der Waals surface area contributed by atoms with E-state index < -0.39 is 0 Å². The standard InChI is InChI=1S/C24H24N4O4/c1-3-31-22-14-18(15-26-28-24(30)19-10-12-25-13-11-19)6-9-21(22)32-16-23(29)27-20-7-4-17(2)5-8-20/h4-15H,3,16H2,1-2H3,(H,27,29)(H,28,30). The van der Waals surface area contributed by atoms with E-state index in [1.807, 2.05) is 38.1 Å². The topological polar surface area (TPSA) is 102 Å². The first-order valence-electron chi connectivity index (χ1n) is 10.0. The normalized spacial score (nSPS) is 10.6. The number of carbonyl (C=O) groups is 2. The lowest BCUT2D eigenvalue weighted by molar-refractivity contribution is -0.118. The van der Waals surface area contributed by atoms with Gasteiger partial charge in [0.15, 0.2) is 18.1 Å². The van der Waals surface area contributed by atoms with Crippen LogP contribution in [0, 0.1) is 6.92 Å². The smallest absolute Gasteiger partial charge is 0.271 e. The van der Waals surface area contributed by atoms with E-state index in [-0.39, 0.29) is 18.4 Å². The molecule has 3 rings (SSSR count). The number of aryl methyl sites for hydroxylation is 1. The summed E-state index contributed by atoms with van der Waals surface area (Å²) < 4.78 is 11.3. The second-order valence-corrected chi connectivity index (χ2v) is 6.78. The van der Waals surface area contributed by atoms with Gasteiger partial charge in [0.25, 0.3) is 11.8 Å². The Bertz CT molecular complexity index is 1080. The first kappa shape index (κ1) is 22.5. The zero-order chi connectivity index (χ0) is 22.8. The van der Waals surface area contributed by atoms with Crippen molar-refractivity contribution in [3.63, 3.8) is 0 Å². The Kier molecular flexibility index (Phi) is 7.91. The monoisotopic (exact) mass is 432 g/mol. The Morgan fingerprint density at radius 1 is 1.00 bits per heavy atom. The third-order valence-electron chi connectivity index (χ3n) is 4.28. The number of hydrogen-bond donors (Lipinski definition) is 2. The van der Waals surface area contributed by atoms with Gasteiger partial charge in [-0.1, -0.05) is 17.7 Å². The van der Waals surface area contributed by atoms with Crippen molar-refractivity contribution >= 4 is 23.7 Å². The van der Waals surface area contributed by atoms with Crippen molar-refractivity contribution in [3.8, 4) is 11.5 Å². The molecule has 0 aliphatic heterocycles. The number of hydrazone groups is 1. The van der Waals surface area contributed by atoms with Gasteiger partial charge in [-0.05, 0) is 61.9 Å². The molecule has 2 amide bonds. The molecule has 32 heavy (non-hydrogen) atoms. The summed E-state index contributed by atoms with van der Waals surface area (Å²) in [6.45, 7) is 4.09. The third kappa shape index (κ3) is 6.66. The van der Waals surface area contributed by atoms with Crippen molar-refractivity contribution < 1.29 is 19.1 Å². The van der Waals surface area contributed by atoms with Gasteiger partial charge in [-0.15, -0.1) is 0 Å². The average Bonchev–Trinajstić information content (AvgIpc) is 2.81. The number of amides is 2. The summed E-state index contributed by atoms with van der Waals surface area (Å²) >= 11 is 0. The van der Waals surface area contributed by atoms with Gasteiger partial charge < -0.3 is 14.8 Å². The number of pyridine rings is 1. The van der Waals surface area contributed by atoms with Gasteiger partial charge >= 0.3 is 0 Å². The van der Waals surface area contributed by atoms with Crippen molar-refractivity contribution in [2.75, 3.05) is 18.5 Å². The van der Waals surface area contributed by atoms with Gasteiger partial charge in [-0.3, -0.25) is 14.6 Å². The molecule has 0 saturated carbocycles. The van der Waals surface area contributed by atoms with Gasteiger partial charge in [-0.2, -0.15) is 5.10 Å². The molecular weight excluding hydrogens is 408 g/mol. The summed E-state index contributed by atoms with van der Waals surface area (Å²) in [6, 6.07) is 15.9. The fourth-order valence-electron chi connectivity index (χ4n) is 2.70. The van der Waals surface area contributed by atoms with Crippen LogP contribution in [0.4, 0.5) is 5.69 Å². The minimum Gasteiger partial charge on any atom is -0.490 e. The van der Waals surface area contributed by atoms with Gasteiger partial charge in [0.2, 0.25) is 0 Å². The van der Waals surface area contributed by atoms with E-state index in [2.05, 4.69) is 20.8 Å². The van der Waals surface area contributed by atoms with E-state index in [4.69, 9.17) is 9.47 Å². The summed E-state index contributed by atoms with van der Waals surface area (Å²) in [5.74, 6) is 0.290. The summed E-state index contributed by atoms with van der Waals surface area (Å²) in [6.07, 6.45) is 4.56. The second kappa shape index (κ2) is 11.3. The van der Waals surface area contributed by atoms with Crippen molar-refractivity contribution in [2.45, 2.75) is 13.8 Å². The lowest BCUT2D eigenvalue weighted by Gasteiger charge is -2.12. The minimum absolute atomic E-state index is 0.163. The first-order chi connectivity index (χ1) is 15.5. The highest BCUT2D eigenvalue weighted by atomic mass is 16.5. The highest BCUT2D eigenvalue weighted by Gasteiger charge is 2.10. The van der Waals surface area contributed by atoms with Crippen LogP contribution < -0.4 is 20.2 Å². The van der Waals surface area contributed by atoms with Crippen LogP contribution in [0.1, 0.15) is 28.4 Å². The Balaban J connectivity index is 1.59. The van der Waals surface area contributed by atoms with E-state index in [0.29, 0.717) is 34.9 Å². The zero-order valence-electron chi connectivity index (χ0n) is 17.9. The van der Waals surface area contributed by atoms with E-state index >= 15 is 0 Å². The van der Waals surface area contributed by atoms with Crippen LogP contribution in [0.25, 0.3) is 0 Å². The number of nitrogens with one attached hydrogen (secondary N) is 2. The molecule has 8 nitrogen and oxygen atoms in total. The molecule has 0 aliphatic rings. The van der Waals surface area contributed by atoms with E-state index in [1.165, 1.54) is 18.6 Å². The Hall–Kier alpha value is -4.20. The molecule has 0 atom stereocenters. The van der Waals surface area contributed by atoms with Crippen LogP contribution in [0.2, 0.25) is 0 Å². The number of aromatic nitrogens is 1. The third-order valence-corrected chi connectivity index (χ3v) is 4.28. The van der Waals surface area contributed by atoms with Crippen LogP contribution in [0.5, 0.6) is 11.5 Å². The Morgan fingerprint density at radius 2 is 1.75 bits per heavy atom. The predicted octanol–water partition coefficient (Wildman–Crippen LogP) is 3.57. The van der Waals surface area contributed by atoms with Crippen molar-refractivity contribution in [1.29, 1.82) is 0 Å². The van der Waals surface area contributed by atoms with Crippen LogP contribution in [-0.2, 0) is 4.79 Å². The molecule has 2 N–H and O–H groups in total. The maximum Gasteiger partial charge on any atom is 0.271 e. The number of nitrogens with zero attached hydrogens (tertiary/aromatic N) is 2. The number of carbonyl (C=O) groups excluding carboxylic acids is 2. The lowest BCUT2D eigenvalue weighted by Crippen LogP contribution is -2.20. The summed E-state index contributed by atoms with van der Waals surface area (Å²) in [5.41, 5.74) is 5.43. The van der Waals surface area contributed by atoms with Crippen LogP contribution in [0.15, 0.2) is 72.1 Å². The molecule has 0 unspecified atom stereocenters. The molecule has 0 radical (unpaired) electrons. The Morgan fingerprint density at radius 3 is 2.47 bits per heavy atom. The highest BCUT2D eigenvalue weighted by molar-refractivity contribution is 5.94. The van der Waals surface area contributed by atoms with Crippen LogP contribution in [0.3, 0.4) is 0 Å². The van der Waals surface area contributed by atoms with Gasteiger partial charge in [-0.25, -0.2) is 5.43 Å². The average molecular weight is 432 g/mol.